The van der Waals surface area contributed by atoms with E-state index in [0.29, 0.717) is 42.2 Å². The van der Waals surface area contributed by atoms with Crippen LogP contribution in [0.2, 0.25) is 0 Å². The number of aliphatic hydroxyl groups is 1. The molecule has 0 amide bonds. The lowest BCUT2D eigenvalue weighted by molar-refractivity contribution is -1.10. The summed E-state index contributed by atoms with van der Waals surface area (Å²) >= 11 is 0. The molecule has 2 bridgehead atoms. The zero-order valence-corrected chi connectivity index (χ0v) is 22.2. The Hall–Kier alpha value is -2.55. The number of hydrogen-bond donors (Lipinski definition) is 3. The molecule has 38 heavy (non-hydrogen) atoms. The van der Waals surface area contributed by atoms with E-state index in [1.54, 1.807) is 0 Å². The van der Waals surface area contributed by atoms with Crippen molar-refractivity contribution in [2.45, 2.75) is 76.4 Å². The van der Waals surface area contributed by atoms with Gasteiger partial charge in [-0.05, 0) is 79.7 Å². The van der Waals surface area contributed by atoms with Gasteiger partial charge in [0.25, 0.3) is 5.56 Å². The number of piperidine rings is 1. The number of fused-ring (bicyclic) bond motifs is 7. The second kappa shape index (κ2) is 9.57. The van der Waals surface area contributed by atoms with Crippen LogP contribution in [-0.2, 0) is 6.42 Å². The Labute approximate surface area is 223 Å². The molecular weight excluding hydrogens is 478 g/mol. The summed E-state index contributed by atoms with van der Waals surface area (Å²) < 4.78 is 2.16. The van der Waals surface area contributed by atoms with Gasteiger partial charge in [-0.25, -0.2) is 10.2 Å². The maximum atomic E-state index is 14.2. The van der Waals surface area contributed by atoms with E-state index in [-0.39, 0.29) is 22.4 Å². The van der Waals surface area contributed by atoms with Gasteiger partial charge in [0.1, 0.15) is 25.3 Å². The molecule has 8 rings (SSSR count). The highest BCUT2D eigenvalue weighted by molar-refractivity contribution is 6.04. The van der Waals surface area contributed by atoms with Gasteiger partial charge in [0.05, 0.1) is 6.10 Å². The number of pyridine rings is 1. The first-order chi connectivity index (χ1) is 18.5. The van der Waals surface area contributed by atoms with Gasteiger partial charge in [0.2, 0.25) is 5.95 Å². The van der Waals surface area contributed by atoms with E-state index in [1.807, 2.05) is 10.8 Å². The first-order valence-corrected chi connectivity index (χ1v) is 14.8. The Morgan fingerprint density at radius 1 is 0.947 bits per heavy atom. The molecule has 2 aliphatic carbocycles. The third kappa shape index (κ3) is 4.61. The molecule has 8 nitrogen and oxygen atoms in total. The highest BCUT2D eigenvalue weighted by Gasteiger charge is 2.41. The van der Waals surface area contributed by atoms with Crippen molar-refractivity contribution < 1.29 is 15.0 Å². The minimum atomic E-state index is -0.280. The fourth-order valence-corrected chi connectivity index (χ4v) is 7.38. The van der Waals surface area contributed by atoms with Crippen LogP contribution in [0.1, 0.15) is 69.4 Å². The molecule has 5 aliphatic rings. The molecule has 3 saturated heterocycles. The molecular formula is C30H40N5O3+. The van der Waals surface area contributed by atoms with E-state index in [9.17, 15) is 15.1 Å². The minimum absolute atomic E-state index is 0.0235. The summed E-state index contributed by atoms with van der Waals surface area (Å²) in [5.41, 5.74) is 1.94. The van der Waals surface area contributed by atoms with Crippen LogP contribution in [0.15, 0.2) is 29.2 Å². The number of rotatable bonds is 6. The predicted molar refractivity (Wildman–Crippen MR) is 147 cm³/mol. The quantitative estimate of drug-likeness (QED) is 0.330. The van der Waals surface area contributed by atoms with Gasteiger partial charge < -0.3 is 10.4 Å². The molecule has 5 fully saturated rings. The fraction of sp³-hybridized carbons (Fsp3) is 0.633. The molecule has 0 spiro atoms. The van der Waals surface area contributed by atoms with Crippen LogP contribution in [0, 0.1) is 17.8 Å². The normalized spacial score (nSPS) is 31.5. The SMILES string of the molecule is O=c1c2cc(CC3CC[N+]4(O)CCC3CC4)ccc2c2cnc(NCC3CC3)nc2n1C1CCC(O)CC1. The van der Waals surface area contributed by atoms with Crippen LogP contribution in [0.5, 0.6) is 0 Å². The number of nitrogens with zero attached hydrogens (tertiary/aromatic N) is 4. The molecule has 3 aliphatic heterocycles. The number of nitrogens with one attached hydrogen (secondary N) is 1. The molecule has 2 aromatic heterocycles. The molecule has 202 valence electrons. The standard InChI is InChI=1S/C30H39N5O3/c36-24-6-4-23(5-7-24)34-28-27(18-32-30(33-28)31-17-19-1-2-19)25-8-3-20(16-26(25)29(34)37)15-22-11-14-35(38)12-9-21(22)10-13-35/h3,8,16,18-19,21-24,36,38H,1-2,4-7,9-15,17H2/p+1. The van der Waals surface area contributed by atoms with Crippen LogP contribution in [0.25, 0.3) is 21.8 Å². The molecule has 1 atom stereocenters. The van der Waals surface area contributed by atoms with E-state index >= 15 is 0 Å². The van der Waals surface area contributed by atoms with Crippen LogP contribution in [-0.4, -0.2) is 61.8 Å². The maximum Gasteiger partial charge on any atom is 0.260 e. The molecule has 0 radical (unpaired) electrons. The average Bonchev–Trinajstić information content (AvgIpc) is 3.78. The Morgan fingerprint density at radius 3 is 2.47 bits per heavy atom. The summed E-state index contributed by atoms with van der Waals surface area (Å²) in [6.45, 7) is 3.47. The van der Waals surface area contributed by atoms with Crippen LogP contribution in [0.3, 0.4) is 0 Å². The van der Waals surface area contributed by atoms with E-state index in [2.05, 4.69) is 28.5 Å². The second-order valence-corrected chi connectivity index (χ2v) is 12.6. The van der Waals surface area contributed by atoms with Crippen molar-refractivity contribution in [1.29, 1.82) is 0 Å². The lowest BCUT2D eigenvalue weighted by Gasteiger charge is -2.33. The lowest BCUT2D eigenvalue weighted by atomic mass is 9.81. The Morgan fingerprint density at radius 2 is 1.71 bits per heavy atom. The molecule has 5 heterocycles. The minimum Gasteiger partial charge on any atom is -0.393 e. The van der Waals surface area contributed by atoms with Gasteiger partial charge in [-0.15, -0.1) is 0 Å². The largest absolute Gasteiger partial charge is 0.393 e. The van der Waals surface area contributed by atoms with Crippen molar-refractivity contribution in [3.05, 3.63) is 40.3 Å². The van der Waals surface area contributed by atoms with Crippen LogP contribution in [0.4, 0.5) is 5.95 Å². The number of hydroxylamine groups is 3. The summed E-state index contributed by atoms with van der Waals surface area (Å²) in [4.78, 5) is 23.7. The number of aromatic nitrogens is 3. The van der Waals surface area contributed by atoms with Gasteiger partial charge in [-0.1, -0.05) is 12.1 Å². The zero-order valence-electron chi connectivity index (χ0n) is 22.2. The van der Waals surface area contributed by atoms with Crippen molar-refractivity contribution in [3.8, 4) is 0 Å². The third-order valence-corrected chi connectivity index (χ3v) is 10.0. The van der Waals surface area contributed by atoms with E-state index in [0.717, 1.165) is 80.9 Å². The van der Waals surface area contributed by atoms with Crippen LogP contribution < -0.4 is 10.9 Å². The summed E-state index contributed by atoms with van der Waals surface area (Å²) in [5, 5.41) is 26.9. The molecule has 1 unspecified atom stereocenters. The Balaban J connectivity index is 1.28. The van der Waals surface area contributed by atoms with Gasteiger partial charge >= 0.3 is 0 Å². The topological polar surface area (TPSA) is 100 Å². The molecule has 8 heteroatoms. The van der Waals surface area contributed by atoms with Crippen molar-refractivity contribution in [2.75, 3.05) is 31.5 Å². The number of hydrogen-bond acceptors (Lipinski definition) is 6. The van der Waals surface area contributed by atoms with Gasteiger partial charge in [0, 0.05) is 48.8 Å². The third-order valence-electron chi connectivity index (χ3n) is 10.0. The molecule has 2 saturated carbocycles. The maximum absolute atomic E-state index is 14.2. The van der Waals surface area contributed by atoms with Gasteiger partial charge in [-0.2, -0.15) is 9.63 Å². The summed E-state index contributed by atoms with van der Waals surface area (Å²) in [7, 11) is 0. The van der Waals surface area contributed by atoms with Crippen molar-refractivity contribution >= 4 is 27.8 Å². The Bertz CT molecular complexity index is 1400. The van der Waals surface area contributed by atoms with E-state index in [4.69, 9.17) is 4.98 Å². The van der Waals surface area contributed by atoms with Crippen molar-refractivity contribution in [1.82, 2.24) is 14.5 Å². The fourth-order valence-electron chi connectivity index (χ4n) is 7.38. The Kier molecular flexibility index (Phi) is 6.17. The molecule has 1 aromatic carbocycles. The highest BCUT2D eigenvalue weighted by atomic mass is 16.5. The first kappa shape index (κ1) is 24.5. The highest BCUT2D eigenvalue weighted by Crippen LogP contribution is 2.38. The summed E-state index contributed by atoms with van der Waals surface area (Å²) in [6.07, 6.45) is 11.3. The number of aliphatic hydroxyl groups excluding tert-OH is 1. The number of anilines is 1. The van der Waals surface area contributed by atoms with E-state index < -0.39 is 0 Å². The lowest BCUT2D eigenvalue weighted by Crippen LogP contribution is -2.48. The van der Waals surface area contributed by atoms with Gasteiger partial charge in [-0.3, -0.25) is 9.36 Å². The van der Waals surface area contributed by atoms with Crippen molar-refractivity contribution in [3.63, 3.8) is 0 Å². The van der Waals surface area contributed by atoms with Gasteiger partial charge in [0.15, 0.2) is 0 Å². The predicted octanol–water partition coefficient (Wildman–Crippen LogP) is 4.42. The molecule has 3 aromatic rings. The average molecular weight is 519 g/mol. The number of quaternary nitrogens is 1. The van der Waals surface area contributed by atoms with E-state index in [1.165, 1.54) is 18.4 Å². The molecule has 3 N–H and O–H groups in total. The van der Waals surface area contributed by atoms with Crippen molar-refractivity contribution in [2.24, 2.45) is 17.8 Å². The van der Waals surface area contributed by atoms with Crippen LogP contribution >= 0.6 is 0 Å². The first-order valence-electron chi connectivity index (χ1n) is 14.8. The second-order valence-electron chi connectivity index (χ2n) is 12.6. The number of benzene rings is 1. The smallest absolute Gasteiger partial charge is 0.260 e. The monoisotopic (exact) mass is 518 g/mol. The summed E-state index contributed by atoms with van der Waals surface area (Å²) in [6, 6.07) is 6.43. The summed E-state index contributed by atoms with van der Waals surface area (Å²) in [5.74, 6) is 2.50. The zero-order chi connectivity index (χ0) is 25.9.